The lowest BCUT2D eigenvalue weighted by Crippen LogP contribution is -2.04. The van der Waals surface area contributed by atoms with Gasteiger partial charge in [0.15, 0.2) is 0 Å². The summed E-state index contributed by atoms with van der Waals surface area (Å²) in [6, 6.07) is 1.69. The molecule has 0 radical (unpaired) electrons. The summed E-state index contributed by atoms with van der Waals surface area (Å²) in [4.78, 5) is 15.0. The highest BCUT2D eigenvalue weighted by Gasteiger charge is 2.11. The van der Waals surface area contributed by atoms with Gasteiger partial charge in [-0.3, -0.25) is 0 Å². The van der Waals surface area contributed by atoms with Crippen molar-refractivity contribution in [3.8, 4) is 0 Å². The Morgan fingerprint density at radius 1 is 1.77 bits per heavy atom. The van der Waals surface area contributed by atoms with Crippen LogP contribution in [-0.4, -0.2) is 17.6 Å². The second-order valence-corrected chi connectivity index (χ2v) is 3.53. The Morgan fingerprint density at radius 3 is 2.92 bits per heavy atom. The molecule has 0 amide bonds. The number of aryl methyl sites for hydroxylation is 1. The number of aromatic amines is 1. The molecule has 0 saturated heterocycles. The summed E-state index contributed by atoms with van der Waals surface area (Å²) >= 11 is 0. The maximum absolute atomic E-state index is 11.2. The third kappa shape index (κ3) is 2.42. The van der Waals surface area contributed by atoms with Gasteiger partial charge in [0.25, 0.3) is 0 Å². The zero-order valence-electron chi connectivity index (χ0n) is 7.39. The third-order valence-corrected chi connectivity index (χ3v) is 2.63. The third-order valence-electron chi connectivity index (χ3n) is 1.55. The molecule has 0 saturated carbocycles. The van der Waals surface area contributed by atoms with Gasteiger partial charge in [-0.05, 0) is 41.6 Å². The monoisotopic (exact) mass is 219 g/mol. The van der Waals surface area contributed by atoms with Crippen LogP contribution in [-0.2, 0) is 4.74 Å². The van der Waals surface area contributed by atoms with E-state index in [2.05, 4.69) is 4.98 Å². The fourth-order valence-electron chi connectivity index (χ4n) is 0.938. The molecule has 1 rings (SSSR count). The lowest BCUT2D eigenvalue weighted by molar-refractivity contribution is 0.0520. The summed E-state index contributed by atoms with van der Waals surface area (Å²) in [5, 5.41) is 0. The number of aromatic nitrogens is 1. The molecule has 1 heterocycles. The quantitative estimate of drug-likeness (QED) is 0.795. The van der Waals surface area contributed by atoms with Crippen LogP contribution in [0.2, 0.25) is 0 Å². The van der Waals surface area contributed by atoms with Gasteiger partial charge in [-0.25, -0.2) is 4.79 Å². The first-order valence-electron chi connectivity index (χ1n) is 3.84. The van der Waals surface area contributed by atoms with E-state index in [1.807, 2.05) is 6.92 Å². The van der Waals surface area contributed by atoms with Gasteiger partial charge in [-0.2, -0.15) is 0 Å². The number of esters is 1. The maximum Gasteiger partial charge on any atom is 0.354 e. The van der Waals surface area contributed by atoms with Crippen LogP contribution in [0.4, 0.5) is 0 Å². The van der Waals surface area contributed by atoms with Gasteiger partial charge in [0, 0.05) is 10.6 Å². The van der Waals surface area contributed by atoms with Crippen molar-refractivity contribution in [2.45, 2.75) is 18.7 Å². The van der Waals surface area contributed by atoms with E-state index in [1.54, 1.807) is 13.0 Å². The molecule has 0 unspecified atom stereocenters. The highest BCUT2D eigenvalue weighted by Crippen LogP contribution is 2.26. The predicted molar refractivity (Wildman–Crippen MR) is 53.2 cm³/mol. The summed E-state index contributed by atoms with van der Waals surface area (Å²) in [6.45, 7) is 4.00. The molecule has 0 aliphatic heterocycles. The number of carbonyl (C=O) groups is 1. The Bertz CT molecular complexity index is 311. The number of hydrogen-bond acceptors (Lipinski definition) is 3. The maximum atomic E-state index is 11.2. The van der Waals surface area contributed by atoms with Gasteiger partial charge in [-0.15, -0.1) is 0 Å². The van der Waals surface area contributed by atoms with Crippen molar-refractivity contribution in [1.82, 2.24) is 4.98 Å². The summed E-state index contributed by atoms with van der Waals surface area (Å²) in [7, 11) is 6.66. The first kappa shape index (κ1) is 10.5. The minimum Gasteiger partial charge on any atom is -0.461 e. The number of H-pyrrole nitrogens is 1. The highest BCUT2D eigenvalue weighted by molar-refractivity contribution is 8.21. The molecule has 0 spiro atoms. The summed E-state index contributed by atoms with van der Waals surface area (Å²) in [5.74, 6) is -0.345. The summed E-state index contributed by atoms with van der Waals surface area (Å²) in [6.07, 6.45) is 0. The summed E-state index contributed by atoms with van der Waals surface area (Å²) < 4.78 is 4.82. The normalized spacial score (nSPS) is 10.1. The number of carbonyl (C=O) groups excluding carboxylic acids is 1. The molecule has 13 heavy (non-hydrogen) atoms. The van der Waals surface area contributed by atoms with Crippen LogP contribution in [0.3, 0.4) is 0 Å². The highest BCUT2D eigenvalue weighted by atomic mass is 35.7. The van der Waals surface area contributed by atoms with E-state index in [4.69, 9.17) is 15.4 Å². The second-order valence-electron chi connectivity index (χ2n) is 2.47. The molecule has 0 fully saturated rings. The minimum atomic E-state index is -0.345. The smallest absolute Gasteiger partial charge is 0.354 e. The van der Waals surface area contributed by atoms with E-state index in [9.17, 15) is 4.79 Å². The van der Waals surface area contributed by atoms with E-state index >= 15 is 0 Å². The van der Waals surface area contributed by atoms with Crippen molar-refractivity contribution in [2.24, 2.45) is 0 Å². The summed E-state index contributed by atoms with van der Waals surface area (Å²) in [5.41, 5.74) is 1.32. The lowest BCUT2D eigenvalue weighted by Gasteiger charge is -1.96. The molecule has 72 valence electrons. The molecule has 0 aliphatic carbocycles. The van der Waals surface area contributed by atoms with E-state index in [0.717, 1.165) is 21.6 Å². The van der Waals surface area contributed by atoms with Gasteiger partial charge in [0.2, 0.25) is 0 Å². The van der Waals surface area contributed by atoms with Crippen LogP contribution in [0.25, 0.3) is 0 Å². The lowest BCUT2D eigenvalue weighted by atomic mass is 10.4. The molecule has 5 heteroatoms. The average molecular weight is 220 g/mol. The van der Waals surface area contributed by atoms with Crippen molar-refractivity contribution < 1.29 is 9.53 Å². The minimum absolute atomic E-state index is 0.345. The predicted octanol–water partition coefficient (Wildman–Crippen LogP) is 2.75. The largest absolute Gasteiger partial charge is 0.461 e. The van der Waals surface area contributed by atoms with Crippen LogP contribution in [0.5, 0.6) is 0 Å². The first-order chi connectivity index (χ1) is 6.19. The van der Waals surface area contributed by atoms with Crippen molar-refractivity contribution >= 4 is 27.6 Å². The molecule has 0 bridgehead atoms. The van der Waals surface area contributed by atoms with Crippen molar-refractivity contribution in [2.75, 3.05) is 6.61 Å². The molecular formula is C8H10ClNO2S. The molecule has 1 aromatic heterocycles. The molecular weight excluding hydrogens is 210 g/mol. The van der Waals surface area contributed by atoms with Crippen LogP contribution >= 0.6 is 21.7 Å². The van der Waals surface area contributed by atoms with Crippen LogP contribution in [0.1, 0.15) is 23.1 Å². The van der Waals surface area contributed by atoms with Crippen LogP contribution in [0, 0.1) is 6.92 Å². The molecule has 0 atom stereocenters. The van der Waals surface area contributed by atoms with Gasteiger partial charge in [-0.1, -0.05) is 0 Å². The Labute approximate surface area is 85.3 Å². The number of ether oxygens (including phenoxy) is 1. The number of rotatable bonds is 3. The Kier molecular flexibility index (Phi) is 3.69. The van der Waals surface area contributed by atoms with Gasteiger partial charge in [0.1, 0.15) is 5.69 Å². The number of halogens is 1. The second kappa shape index (κ2) is 4.58. The van der Waals surface area contributed by atoms with Gasteiger partial charge in [0.05, 0.1) is 6.61 Å². The molecule has 1 N–H and O–H groups in total. The van der Waals surface area contributed by atoms with Crippen molar-refractivity contribution in [3.05, 3.63) is 17.5 Å². The standard InChI is InChI=1S/C8H10ClNO2S/c1-3-12-8(11)6-4-7(13-9)5(2)10-6/h4,10H,3H2,1-2H3. The Balaban J connectivity index is 2.84. The fourth-order valence-corrected chi connectivity index (χ4v) is 1.75. The number of nitrogens with one attached hydrogen (secondary N) is 1. The molecule has 1 aromatic rings. The van der Waals surface area contributed by atoms with Gasteiger partial charge >= 0.3 is 5.97 Å². The fraction of sp³-hybridized carbons (Fsp3) is 0.375. The molecule has 0 aliphatic rings. The Hall–Kier alpha value is -0.610. The van der Waals surface area contributed by atoms with Gasteiger partial charge < -0.3 is 9.72 Å². The Morgan fingerprint density at radius 2 is 2.46 bits per heavy atom. The first-order valence-corrected chi connectivity index (χ1v) is 5.48. The van der Waals surface area contributed by atoms with Crippen LogP contribution < -0.4 is 0 Å². The van der Waals surface area contributed by atoms with Crippen molar-refractivity contribution in [1.29, 1.82) is 0 Å². The SMILES string of the molecule is CCOC(=O)c1cc(SCl)c(C)[nH]1. The van der Waals surface area contributed by atoms with E-state index in [1.165, 1.54) is 0 Å². The van der Waals surface area contributed by atoms with E-state index in [-0.39, 0.29) is 5.97 Å². The topological polar surface area (TPSA) is 42.1 Å². The molecule has 3 nitrogen and oxygen atoms in total. The number of hydrogen-bond donors (Lipinski definition) is 1. The zero-order chi connectivity index (χ0) is 9.84. The average Bonchev–Trinajstić information content (AvgIpc) is 2.47. The molecule has 0 aromatic carbocycles. The van der Waals surface area contributed by atoms with E-state index in [0.29, 0.717) is 12.3 Å². The van der Waals surface area contributed by atoms with E-state index < -0.39 is 0 Å². The van der Waals surface area contributed by atoms with Crippen LogP contribution in [0.15, 0.2) is 11.0 Å². The zero-order valence-corrected chi connectivity index (χ0v) is 8.96. The van der Waals surface area contributed by atoms with Crippen molar-refractivity contribution in [3.63, 3.8) is 0 Å².